The summed E-state index contributed by atoms with van der Waals surface area (Å²) < 4.78 is 48.0. The maximum Gasteiger partial charge on any atom is 0.407 e. The molecule has 1 aliphatic carbocycles. The fourth-order valence-corrected chi connectivity index (χ4v) is 9.15. The van der Waals surface area contributed by atoms with Crippen LogP contribution in [0, 0.1) is 28.6 Å². The Hall–Kier alpha value is -3.43. The van der Waals surface area contributed by atoms with Gasteiger partial charge in [-0.25, -0.2) is 13.2 Å². The van der Waals surface area contributed by atoms with E-state index in [9.17, 15) is 13.2 Å². The Morgan fingerprint density at radius 1 is 1.23 bits per heavy atom. The smallest absolute Gasteiger partial charge is 0.407 e. The van der Waals surface area contributed by atoms with Gasteiger partial charge in [-0.2, -0.15) is 9.57 Å². The first-order valence-corrected chi connectivity index (χ1v) is 17.9. The van der Waals surface area contributed by atoms with Gasteiger partial charge in [0.05, 0.1) is 35.6 Å². The molecule has 47 heavy (non-hydrogen) atoms. The molecule has 1 amide bonds. The number of amides is 1. The first kappa shape index (κ1) is 34.9. The molecule has 3 aliphatic rings. The van der Waals surface area contributed by atoms with Crippen molar-refractivity contribution in [3.05, 3.63) is 72.9 Å². The second-order valence-corrected chi connectivity index (χ2v) is 16.0. The summed E-state index contributed by atoms with van der Waals surface area (Å²) >= 11 is 0. The third-order valence-electron chi connectivity index (χ3n) is 10.1. The topological polar surface area (TPSA) is 130 Å². The molecule has 6 atom stereocenters. The molecule has 0 aromatic heterocycles. The molecule has 254 valence electrons. The van der Waals surface area contributed by atoms with Gasteiger partial charge < -0.3 is 24.8 Å². The minimum Gasteiger partial charge on any atom is -0.443 e. The number of carbonyl (C=O) groups excluding carboxylic acids is 1. The van der Waals surface area contributed by atoms with E-state index in [1.807, 2.05) is 58.0 Å². The normalized spacial score (nSPS) is 27.4. The van der Waals surface area contributed by atoms with Crippen molar-refractivity contribution in [3.8, 4) is 6.07 Å². The third kappa shape index (κ3) is 7.67. The van der Waals surface area contributed by atoms with Gasteiger partial charge in [0.1, 0.15) is 6.10 Å². The maximum absolute atomic E-state index is 14.4. The van der Waals surface area contributed by atoms with Crippen LogP contribution >= 0.6 is 0 Å². The van der Waals surface area contributed by atoms with E-state index < -0.39 is 39.0 Å². The highest BCUT2D eigenvalue weighted by Crippen LogP contribution is 2.56. The van der Waals surface area contributed by atoms with E-state index in [1.54, 1.807) is 28.6 Å². The number of benzene rings is 2. The zero-order valence-electron chi connectivity index (χ0n) is 27.9. The standard InChI is InChI=1S/C36H48N4O6S/c1-6-38-28-15-12-16-29(21-28)47(42,43)40(25-34(3,4)18-10-11-19-37)23-26(2)36(22-31(36)27-13-8-7-9-14-27)39-33(41)46-32-24-45-35(5)30(32)17-20-44-35/h6-9,12-16,21,26,30-32,38H,1,10-11,17-18,20,22-25H2,2-5H3,(H,39,41)/t26-,30+,31+,32+,35-,36?/m1/s1. The zero-order valence-corrected chi connectivity index (χ0v) is 28.7. The van der Waals surface area contributed by atoms with Crippen LogP contribution in [0.15, 0.2) is 72.3 Å². The van der Waals surface area contributed by atoms with Gasteiger partial charge in [0.25, 0.3) is 0 Å². The van der Waals surface area contributed by atoms with Gasteiger partial charge in [0, 0.05) is 31.1 Å². The van der Waals surface area contributed by atoms with E-state index in [2.05, 4.69) is 23.3 Å². The molecule has 3 fully saturated rings. The van der Waals surface area contributed by atoms with Crippen LogP contribution in [-0.4, -0.2) is 62.5 Å². The molecular weight excluding hydrogens is 616 g/mol. The molecule has 2 aliphatic heterocycles. The number of anilines is 1. The number of unbranched alkanes of at least 4 members (excludes halogenated alkanes) is 1. The number of hydrogen-bond acceptors (Lipinski definition) is 8. The summed E-state index contributed by atoms with van der Waals surface area (Å²) in [6.45, 7) is 12.9. The lowest BCUT2D eigenvalue weighted by molar-refractivity contribution is -0.181. The van der Waals surface area contributed by atoms with Crippen LogP contribution in [0.2, 0.25) is 0 Å². The molecule has 2 aromatic carbocycles. The molecule has 5 rings (SSSR count). The minimum absolute atomic E-state index is 0.0144. The molecule has 1 saturated carbocycles. The average molecular weight is 665 g/mol. The number of carbonyl (C=O) groups is 1. The molecule has 2 saturated heterocycles. The Morgan fingerprint density at radius 3 is 2.72 bits per heavy atom. The van der Waals surface area contributed by atoms with Crippen LogP contribution in [0.5, 0.6) is 0 Å². The summed E-state index contributed by atoms with van der Waals surface area (Å²) in [4.78, 5) is 13.8. The summed E-state index contributed by atoms with van der Waals surface area (Å²) in [6.07, 6.45) is 3.73. The van der Waals surface area contributed by atoms with Crippen LogP contribution in [0.4, 0.5) is 10.5 Å². The van der Waals surface area contributed by atoms with Crippen molar-refractivity contribution in [3.63, 3.8) is 0 Å². The fourth-order valence-electron chi connectivity index (χ4n) is 7.38. The Balaban J connectivity index is 1.42. The van der Waals surface area contributed by atoms with Crippen LogP contribution in [0.25, 0.3) is 0 Å². The first-order chi connectivity index (χ1) is 22.3. The van der Waals surface area contributed by atoms with E-state index in [1.165, 1.54) is 6.20 Å². The number of fused-ring (bicyclic) bond motifs is 1. The molecule has 0 bridgehead atoms. The SMILES string of the molecule is C=CNc1cccc(S(=O)(=O)N(C[C@@H](C)C2(NC(=O)O[C@H]3CO[C@@]4(C)OCC[C@@H]34)C[C@H]2c2ccccc2)CC(C)(C)CCCC#N)c1. The summed E-state index contributed by atoms with van der Waals surface area (Å²) in [5.41, 5.74) is 0.573. The number of ether oxygens (including phenoxy) is 3. The first-order valence-electron chi connectivity index (χ1n) is 16.5. The number of sulfonamides is 1. The molecular formula is C36H48N4O6S. The predicted octanol–water partition coefficient (Wildman–Crippen LogP) is 6.39. The Morgan fingerprint density at radius 2 is 2.00 bits per heavy atom. The summed E-state index contributed by atoms with van der Waals surface area (Å²) in [6, 6.07) is 18.9. The Labute approximate surface area is 279 Å². The van der Waals surface area contributed by atoms with Gasteiger partial charge in [-0.15, -0.1) is 0 Å². The lowest BCUT2D eigenvalue weighted by Crippen LogP contribution is -2.50. The molecule has 2 heterocycles. The number of nitrogens with one attached hydrogen (secondary N) is 2. The monoisotopic (exact) mass is 664 g/mol. The largest absolute Gasteiger partial charge is 0.443 e. The van der Waals surface area contributed by atoms with Gasteiger partial charge in [0.15, 0.2) is 5.79 Å². The van der Waals surface area contributed by atoms with E-state index in [4.69, 9.17) is 19.5 Å². The van der Waals surface area contributed by atoms with Crippen molar-refractivity contribution < 1.29 is 27.4 Å². The maximum atomic E-state index is 14.4. The molecule has 10 nitrogen and oxygen atoms in total. The van der Waals surface area contributed by atoms with Crippen molar-refractivity contribution in [2.45, 2.75) is 88.0 Å². The molecule has 1 unspecified atom stereocenters. The quantitative estimate of drug-likeness (QED) is 0.210. The highest BCUT2D eigenvalue weighted by atomic mass is 32.2. The van der Waals surface area contributed by atoms with Crippen molar-refractivity contribution in [2.24, 2.45) is 17.3 Å². The van der Waals surface area contributed by atoms with Gasteiger partial charge in [-0.3, -0.25) is 0 Å². The second-order valence-electron chi connectivity index (χ2n) is 14.1. The lowest BCUT2D eigenvalue weighted by Gasteiger charge is -2.36. The van der Waals surface area contributed by atoms with Gasteiger partial charge in [-0.1, -0.05) is 63.7 Å². The van der Waals surface area contributed by atoms with Gasteiger partial charge in [0.2, 0.25) is 10.0 Å². The average Bonchev–Trinajstić information content (AvgIpc) is 3.51. The highest BCUT2D eigenvalue weighted by Gasteiger charge is 2.61. The van der Waals surface area contributed by atoms with E-state index in [0.29, 0.717) is 38.0 Å². The van der Waals surface area contributed by atoms with Crippen LogP contribution in [0.1, 0.15) is 71.3 Å². The van der Waals surface area contributed by atoms with Crippen molar-refractivity contribution in [1.29, 1.82) is 5.26 Å². The number of rotatable bonds is 15. The minimum atomic E-state index is -3.96. The second kappa shape index (κ2) is 14.0. The molecule has 11 heteroatoms. The van der Waals surface area contributed by atoms with Crippen molar-refractivity contribution in [2.75, 3.05) is 31.6 Å². The van der Waals surface area contributed by atoms with Crippen LogP contribution in [0.3, 0.4) is 0 Å². The van der Waals surface area contributed by atoms with Crippen LogP contribution < -0.4 is 10.6 Å². The number of nitrogens with zero attached hydrogens (tertiary/aromatic N) is 2. The molecule has 0 radical (unpaired) electrons. The van der Waals surface area contributed by atoms with Crippen LogP contribution in [-0.2, 0) is 24.2 Å². The van der Waals surface area contributed by atoms with E-state index in [0.717, 1.165) is 12.0 Å². The number of nitriles is 1. The number of alkyl carbamates (subject to hydrolysis) is 1. The molecule has 2 N–H and O–H groups in total. The van der Waals surface area contributed by atoms with E-state index >= 15 is 0 Å². The fraction of sp³-hybridized carbons (Fsp3) is 0.556. The summed E-state index contributed by atoms with van der Waals surface area (Å²) in [5, 5.41) is 15.3. The van der Waals surface area contributed by atoms with Crippen molar-refractivity contribution >= 4 is 21.8 Å². The molecule has 0 spiro atoms. The zero-order chi connectivity index (χ0) is 33.9. The summed E-state index contributed by atoms with van der Waals surface area (Å²) in [5.74, 6) is -1.07. The van der Waals surface area contributed by atoms with Gasteiger partial charge in [-0.05, 0) is 73.9 Å². The van der Waals surface area contributed by atoms with Gasteiger partial charge >= 0.3 is 6.09 Å². The Bertz CT molecular complexity index is 1580. The lowest BCUT2D eigenvalue weighted by atomic mass is 9.86. The number of hydrogen-bond donors (Lipinski definition) is 2. The predicted molar refractivity (Wildman–Crippen MR) is 180 cm³/mol. The summed E-state index contributed by atoms with van der Waals surface area (Å²) in [7, 11) is -3.96. The third-order valence-corrected chi connectivity index (χ3v) is 11.9. The van der Waals surface area contributed by atoms with Crippen molar-refractivity contribution in [1.82, 2.24) is 9.62 Å². The highest BCUT2D eigenvalue weighted by molar-refractivity contribution is 7.89. The Kier molecular flexibility index (Phi) is 10.4. The molecule has 2 aromatic rings. The van der Waals surface area contributed by atoms with E-state index in [-0.39, 0.29) is 42.3 Å².